The number of phenolic OH excluding ortho intramolecular Hbond substituents is 1. The molecule has 1 unspecified atom stereocenters. The van der Waals surface area contributed by atoms with Gasteiger partial charge in [-0.25, -0.2) is 0 Å². The van der Waals surface area contributed by atoms with Crippen molar-refractivity contribution < 1.29 is 10.2 Å². The molecule has 0 fully saturated rings. The molecule has 0 spiro atoms. The molecule has 1 atom stereocenters. The molecule has 1 aliphatic carbocycles. The van der Waals surface area contributed by atoms with E-state index in [0.29, 0.717) is 0 Å². The summed E-state index contributed by atoms with van der Waals surface area (Å²) in [4.78, 5) is 0. The van der Waals surface area contributed by atoms with Crippen molar-refractivity contribution in [2.75, 3.05) is 6.61 Å². The molecule has 0 aliphatic heterocycles. The monoisotopic (exact) mass is 268 g/mol. The van der Waals surface area contributed by atoms with Gasteiger partial charge in [-0.2, -0.15) is 0 Å². The second kappa shape index (κ2) is 5.29. The first-order valence-corrected chi connectivity index (χ1v) is 7.21. The van der Waals surface area contributed by atoms with Crippen molar-refractivity contribution in [3.8, 4) is 5.75 Å². The summed E-state index contributed by atoms with van der Waals surface area (Å²) in [7, 11) is 0. The smallest absolute Gasteiger partial charge is 0.115 e. The summed E-state index contributed by atoms with van der Waals surface area (Å²) in [6.07, 6.45) is 4.06. The van der Waals surface area contributed by atoms with Crippen LogP contribution in [0.1, 0.15) is 29.5 Å². The summed E-state index contributed by atoms with van der Waals surface area (Å²) in [6, 6.07) is 15.8. The Morgan fingerprint density at radius 3 is 2.50 bits per heavy atom. The van der Waals surface area contributed by atoms with Gasteiger partial charge in [0.05, 0.1) is 6.61 Å². The van der Waals surface area contributed by atoms with Gasteiger partial charge >= 0.3 is 0 Å². The van der Waals surface area contributed by atoms with Gasteiger partial charge < -0.3 is 10.2 Å². The fraction of sp³-hybridized carbons (Fsp3) is 0.333. The Bertz CT molecular complexity index is 589. The second-order valence-electron chi connectivity index (χ2n) is 5.79. The van der Waals surface area contributed by atoms with E-state index < -0.39 is 0 Å². The summed E-state index contributed by atoms with van der Waals surface area (Å²) in [6.45, 7) is 0.172. The Hall–Kier alpha value is -1.80. The van der Waals surface area contributed by atoms with Crippen molar-refractivity contribution in [2.24, 2.45) is 0 Å². The SMILES string of the molecule is OCC1(Cc2ccc(O)cc2)CCCc2ccccc21. The van der Waals surface area contributed by atoms with E-state index in [0.717, 1.165) is 31.2 Å². The molecular weight excluding hydrogens is 248 g/mol. The van der Waals surface area contributed by atoms with Crippen LogP contribution < -0.4 is 0 Å². The molecule has 2 heteroatoms. The Labute approximate surface area is 119 Å². The lowest BCUT2D eigenvalue weighted by Gasteiger charge is -2.38. The van der Waals surface area contributed by atoms with Gasteiger partial charge in [0.25, 0.3) is 0 Å². The maximum absolute atomic E-state index is 10.1. The van der Waals surface area contributed by atoms with Gasteiger partial charge in [-0.15, -0.1) is 0 Å². The first-order valence-electron chi connectivity index (χ1n) is 7.21. The highest BCUT2D eigenvalue weighted by Gasteiger charge is 2.35. The van der Waals surface area contributed by atoms with Gasteiger partial charge in [-0.1, -0.05) is 36.4 Å². The largest absolute Gasteiger partial charge is 0.508 e. The van der Waals surface area contributed by atoms with E-state index in [2.05, 4.69) is 24.3 Å². The minimum Gasteiger partial charge on any atom is -0.508 e. The van der Waals surface area contributed by atoms with Crippen molar-refractivity contribution in [1.29, 1.82) is 0 Å². The number of aryl methyl sites for hydroxylation is 1. The molecule has 20 heavy (non-hydrogen) atoms. The van der Waals surface area contributed by atoms with Crippen LogP contribution in [-0.2, 0) is 18.3 Å². The Morgan fingerprint density at radius 2 is 1.75 bits per heavy atom. The zero-order chi connectivity index (χ0) is 14.0. The molecule has 0 amide bonds. The number of benzene rings is 2. The fourth-order valence-electron chi connectivity index (χ4n) is 3.42. The maximum atomic E-state index is 10.1. The highest BCUT2D eigenvalue weighted by molar-refractivity contribution is 5.39. The average molecular weight is 268 g/mol. The molecular formula is C18H20O2. The van der Waals surface area contributed by atoms with Gasteiger partial charge in [0.15, 0.2) is 0 Å². The van der Waals surface area contributed by atoms with Crippen molar-refractivity contribution in [1.82, 2.24) is 0 Å². The minimum atomic E-state index is -0.175. The molecule has 0 saturated heterocycles. The number of aliphatic hydroxyl groups excluding tert-OH is 1. The van der Waals surface area contributed by atoms with Crippen LogP contribution in [0.4, 0.5) is 0 Å². The lowest BCUT2D eigenvalue weighted by Crippen LogP contribution is -2.37. The molecule has 0 heterocycles. The molecule has 0 saturated carbocycles. The zero-order valence-corrected chi connectivity index (χ0v) is 11.5. The van der Waals surface area contributed by atoms with Gasteiger partial charge in [0, 0.05) is 5.41 Å². The topological polar surface area (TPSA) is 40.5 Å². The van der Waals surface area contributed by atoms with Gasteiger partial charge in [0.2, 0.25) is 0 Å². The fourth-order valence-corrected chi connectivity index (χ4v) is 3.42. The van der Waals surface area contributed by atoms with Crippen molar-refractivity contribution in [2.45, 2.75) is 31.1 Å². The maximum Gasteiger partial charge on any atom is 0.115 e. The number of fused-ring (bicyclic) bond motifs is 1. The molecule has 3 rings (SSSR count). The second-order valence-corrected chi connectivity index (χ2v) is 5.79. The molecule has 2 nitrogen and oxygen atoms in total. The van der Waals surface area contributed by atoms with Crippen molar-refractivity contribution >= 4 is 0 Å². The molecule has 104 valence electrons. The van der Waals surface area contributed by atoms with Crippen molar-refractivity contribution in [3.05, 3.63) is 65.2 Å². The normalized spacial score (nSPS) is 21.4. The molecule has 0 bridgehead atoms. The third-order valence-electron chi connectivity index (χ3n) is 4.47. The first-order chi connectivity index (χ1) is 9.73. The third kappa shape index (κ3) is 2.32. The molecule has 0 radical (unpaired) electrons. The van der Waals surface area contributed by atoms with E-state index in [1.807, 2.05) is 12.1 Å². The van der Waals surface area contributed by atoms with Crippen LogP contribution in [-0.4, -0.2) is 16.8 Å². The van der Waals surface area contributed by atoms with E-state index in [-0.39, 0.29) is 17.8 Å². The third-order valence-corrected chi connectivity index (χ3v) is 4.47. The van der Waals surface area contributed by atoms with E-state index in [1.54, 1.807) is 12.1 Å². The van der Waals surface area contributed by atoms with Crippen LogP contribution in [0.25, 0.3) is 0 Å². The van der Waals surface area contributed by atoms with Crippen LogP contribution in [0.5, 0.6) is 5.75 Å². The lowest BCUT2D eigenvalue weighted by molar-refractivity contribution is 0.173. The first kappa shape index (κ1) is 13.2. The van der Waals surface area contributed by atoms with Crippen LogP contribution >= 0.6 is 0 Å². The number of hydrogen-bond acceptors (Lipinski definition) is 2. The van der Waals surface area contributed by atoms with E-state index in [1.165, 1.54) is 11.1 Å². The molecule has 2 aromatic rings. The molecule has 0 aromatic heterocycles. The standard InChI is InChI=1S/C18H20O2/c19-13-18(12-14-7-9-16(20)10-8-14)11-3-5-15-4-1-2-6-17(15)18/h1-2,4,6-10,19-20H,3,5,11-13H2. The predicted molar refractivity (Wildman–Crippen MR) is 80.0 cm³/mol. The Kier molecular flexibility index (Phi) is 3.49. The van der Waals surface area contributed by atoms with Gasteiger partial charge in [-0.05, 0) is 54.5 Å². The predicted octanol–water partition coefficient (Wildman–Crippen LogP) is 3.20. The quantitative estimate of drug-likeness (QED) is 0.897. The van der Waals surface area contributed by atoms with Crippen LogP contribution in [0.3, 0.4) is 0 Å². The number of aliphatic hydroxyl groups is 1. The summed E-state index contributed by atoms with van der Waals surface area (Å²) < 4.78 is 0. The molecule has 2 aromatic carbocycles. The van der Waals surface area contributed by atoms with Gasteiger partial charge in [0.1, 0.15) is 5.75 Å². The minimum absolute atomic E-state index is 0.172. The summed E-state index contributed by atoms with van der Waals surface area (Å²) in [5.74, 6) is 0.288. The molecule has 2 N–H and O–H groups in total. The summed E-state index contributed by atoms with van der Waals surface area (Å²) >= 11 is 0. The average Bonchev–Trinajstić information content (AvgIpc) is 2.50. The highest BCUT2D eigenvalue weighted by atomic mass is 16.3. The van der Waals surface area contributed by atoms with E-state index in [4.69, 9.17) is 0 Å². The number of hydrogen-bond donors (Lipinski definition) is 2. The van der Waals surface area contributed by atoms with E-state index in [9.17, 15) is 10.2 Å². The lowest BCUT2D eigenvalue weighted by atomic mass is 9.67. The van der Waals surface area contributed by atoms with Crippen LogP contribution in [0.15, 0.2) is 48.5 Å². The number of rotatable bonds is 3. The van der Waals surface area contributed by atoms with Gasteiger partial charge in [-0.3, -0.25) is 0 Å². The molecule has 1 aliphatic rings. The Morgan fingerprint density at radius 1 is 1.00 bits per heavy atom. The van der Waals surface area contributed by atoms with Crippen LogP contribution in [0.2, 0.25) is 0 Å². The zero-order valence-electron chi connectivity index (χ0n) is 11.5. The summed E-state index contributed by atoms with van der Waals surface area (Å²) in [5.41, 5.74) is 3.65. The van der Waals surface area contributed by atoms with E-state index >= 15 is 0 Å². The highest BCUT2D eigenvalue weighted by Crippen LogP contribution is 2.39. The number of aromatic hydroxyl groups is 1. The number of phenols is 1. The van der Waals surface area contributed by atoms with Crippen LogP contribution in [0, 0.1) is 0 Å². The van der Waals surface area contributed by atoms with Crippen molar-refractivity contribution in [3.63, 3.8) is 0 Å². The summed E-state index contributed by atoms with van der Waals surface area (Å²) in [5, 5.41) is 19.4. The Balaban J connectivity index is 1.98.